The number of carbonyl (C=O) groups is 2. The van der Waals surface area contributed by atoms with Gasteiger partial charge in [0, 0.05) is 26.2 Å². The third-order valence-corrected chi connectivity index (χ3v) is 12.8. The zero-order chi connectivity index (χ0) is 30.8. The monoisotopic (exact) mass is 598 g/mol. The molecule has 4 aliphatic rings. The summed E-state index contributed by atoms with van der Waals surface area (Å²) in [6.45, 7) is 10.6. The molecule has 0 aliphatic heterocycles. The lowest BCUT2D eigenvalue weighted by Gasteiger charge is -2.67. The average Bonchev–Trinajstić information content (AvgIpc) is 3.14. The molecule has 232 valence electrons. The van der Waals surface area contributed by atoms with E-state index >= 15 is 0 Å². The molecule has 10 nitrogen and oxygen atoms in total. The Morgan fingerprint density at radius 1 is 1.07 bits per heavy atom. The summed E-state index contributed by atoms with van der Waals surface area (Å²) in [5, 5.41) is 36.9. The molecule has 0 aromatic heterocycles. The zero-order valence-corrected chi connectivity index (χ0v) is 26.5. The molecule has 0 spiro atoms. The van der Waals surface area contributed by atoms with E-state index in [4.69, 9.17) is 18.3 Å². The van der Waals surface area contributed by atoms with Crippen LogP contribution in [0.2, 0.25) is 0 Å². The molecular weight excluding hydrogens is 551 g/mol. The van der Waals surface area contributed by atoms with E-state index in [1.807, 2.05) is 33.8 Å². The van der Waals surface area contributed by atoms with Gasteiger partial charge in [0.15, 0.2) is 5.78 Å². The molecule has 3 fully saturated rings. The van der Waals surface area contributed by atoms with Gasteiger partial charge in [0.05, 0.1) is 11.5 Å². The predicted molar refractivity (Wildman–Crippen MR) is 151 cm³/mol. The van der Waals surface area contributed by atoms with Gasteiger partial charge in [-0.15, -0.1) is 0 Å². The van der Waals surface area contributed by atoms with Crippen LogP contribution in [-0.2, 0) is 32.5 Å². The van der Waals surface area contributed by atoms with Crippen LogP contribution in [0, 0.1) is 22.7 Å². The molecule has 3 N–H and O–H groups in total. The van der Waals surface area contributed by atoms with E-state index in [0.717, 1.165) is 11.1 Å². The second kappa shape index (κ2) is 10.7. The Labute approximate surface area is 243 Å². The molecule has 4 aliphatic carbocycles. The van der Waals surface area contributed by atoms with E-state index in [1.54, 1.807) is 6.92 Å². The number of phosphoric ester groups is 1. The van der Waals surface area contributed by atoms with E-state index in [1.165, 1.54) is 27.2 Å². The molecule has 0 saturated heterocycles. The fourth-order valence-corrected chi connectivity index (χ4v) is 9.18. The second-order valence-corrected chi connectivity index (χ2v) is 15.1. The van der Waals surface area contributed by atoms with E-state index in [-0.39, 0.29) is 31.6 Å². The van der Waals surface area contributed by atoms with Crippen LogP contribution in [0.5, 0.6) is 0 Å². The van der Waals surface area contributed by atoms with Gasteiger partial charge in [-0.05, 0) is 77.0 Å². The van der Waals surface area contributed by atoms with Crippen molar-refractivity contribution in [3.05, 3.63) is 23.3 Å². The van der Waals surface area contributed by atoms with Crippen LogP contribution >= 0.6 is 7.82 Å². The third kappa shape index (κ3) is 4.64. The number of hydrogen-bond donors (Lipinski definition) is 3. The second-order valence-electron chi connectivity index (χ2n) is 13.3. The van der Waals surface area contributed by atoms with Crippen molar-refractivity contribution in [3.63, 3.8) is 0 Å². The molecule has 0 amide bonds. The normalized spacial score (nSPS) is 42.7. The molecule has 0 aromatic carbocycles. The molecule has 41 heavy (non-hydrogen) atoms. The maximum absolute atomic E-state index is 13.2. The standard InChI is InChI=1S/C30H47O10P/c1-18(2)19(3)15-25(32)39-24-17-23-26(5)11-10-22(40-41(36,37-7)38-8)16-21(26)9-12-29(23,34)30(35)14-13-28(33,20(4)31)27(24,30)6/h9,15,18,22-24,33-35H,10-14,16-17H2,1-8H3/b19-15+/t22-,23?,24+,26-,27+,28+,29-,30+/m0/s1. The summed E-state index contributed by atoms with van der Waals surface area (Å²) < 4.78 is 34.4. The van der Waals surface area contributed by atoms with Gasteiger partial charge in [0.25, 0.3) is 0 Å². The van der Waals surface area contributed by atoms with Crippen molar-refractivity contribution >= 4 is 19.6 Å². The fourth-order valence-electron chi connectivity index (χ4n) is 8.32. The Morgan fingerprint density at radius 3 is 2.27 bits per heavy atom. The van der Waals surface area contributed by atoms with Crippen LogP contribution in [0.3, 0.4) is 0 Å². The van der Waals surface area contributed by atoms with Crippen LogP contribution in [0.1, 0.15) is 86.5 Å². The van der Waals surface area contributed by atoms with Crippen LogP contribution in [0.4, 0.5) is 0 Å². The minimum Gasteiger partial charge on any atom is -0.458 e. The van der Waals surface area contributed by atoms with Gasteiger partial charge in [0.2, 0.25) is 0 Å². The number of fused-ring (bicyclic) bond motifs is 5. The highest BCUT2D eigenvalue weighted by atomic mass is 31.2. The third-order valence-electron chi connectivity index (χ3n) is 11.4. The highest BCUT2D eigenvalue weighted by Crippen LogP contribution is 2.71. The largest absolute Gasteiger partial charge is 0.474 e. The number of Topliss-reactive ketones (excluding diaryl/α,β-unsaturated/α-hetero) is 1. The lowest BCUT2D eigenvalue weighted by molar-refractivity contribution is -0.314. The summed E-state index contributed by atoms with van der Waals surface area (Å²) >= 11 is 0. The molecule has 8 atom stereocenters. The number of phosphoric acid groups is 1. The van der Waals surface area contributed by atoms with Gasteiger partial charge in [-0.3, -0.25) is 18.4 Å². The molecule has 0 bridgehead atoms. The zero-order valence-electron chi connectivity index (χ0n) is 25.6. The molecule has 1 unspecified atom stereocenters. The van der Waals surface area contributed by atoms with Crippen LogP contribution in [0.15, 0.2) is 23.3 Å². The first-order chi connectivity index (χ1) is 18.9. The first kappa shape index (κ1) is 32.5. The van der Waals surface area contributed by atoms with Crippen molar-refractivity contribution in [2.45, 2.75) is 115 Å². The van der Waals surface area contributed by atoms with Crippen LogP contribution < -0.4 is 0 Å². The number of esters is 1. The van der Waals surface area contributed by atoms with Crippen molar-refractivity contribution in [1.82, 2.24) is 0 Å². The van der Waals surface area contributed by atoms with E-state index in [2.05, 4.69) is 0 Å². The van der Waals surface area contributed by atoms with E-state index in [9.17, 15) is 29.5 Å². The number of ether oxygens (including phenoxy) is 1. The first-order valence-electron chi connectivity index (χ1n) is 14.5. The smallest absolute Gasteiger partial charge is 0.458 e. The molecule has 0 radical (unpaired) electrons. The number of aliphatic hydroxyl groups is 3. The molecule has 0 aromatic rings. The van der Waals surface area contributed by atoms with Gasteiger partial charge in [0.1, 0.15) is 22.9 Å². The summed E-state index contributed by atoms with van der Waals surface area (Å²) in [6, 6.07) is 0. The van der Waals surface area contributed by atoms with Crippen molar-refractivity contribution in [2.24, 2.45) is 22.7 Å². The summed E-state index contributed by atoms with van der Waals surface area (Å²) in [5.74, 6) is -1.60. The summed E-state index contributed by atoms with van der Waals surface area (Å²) in [7, 11) is -1.18. The van der Waals surface area contributed by atoms with Gasteiger partial charge < -0.3 is 20.1 Å². The lowest BCUT2D eigenvalue weighted by atomic mass is 9.42. The predicted octanol–water partition coefficient (Wildman–Crippen LogP) is 4.41. The van der Waals surface area contributed by atoms with Crippen molar-refractivity contribution in [2.75, 3.05) is 14.2 Å². The first-order valence-corrected chi connectivity index (χ1v) is 16.0. The Morgan fingerprint density at radius 2 is 1.71 bits per heavy atom. The number of hydrogen-bond acceptors (Lipinski definition) is 10. The van der Waals surface area contributed by atoms with Crippen LogP contribution in [-0.4, -0.2) is 70.3 Å². The Hall–Kier alpha value is -1.39. The lowest BCUT2D eigenvalue weighted by Crippen LogP contribution is -2.78. The maximum Gasteiger partial charge on any atom is 0.474 e. The minimum absolute atomic E-state index is 0.0304. The summed E-state index contributed by atoms with van der Waals surface area (Å²) in [5.41, 5.74) is -6.11. The molecule has 11 heteroatoms. The Bertz CT molecular complexity index is 1190. The quantitative estimate of drug-likeness (QED) is 0.159. The maximum atomic E-state index is 13.2. The Kier molecular flexibility index (Phi) is 8.45. The highest BCUT2D eigenvalue weighted by molar-refractivity contribution is 7.48. The van der Waals surface area contributed by atoms with Crippen molar-refractivity contribution in [1.29, 1.82) is 0 Å². The van der Waals surface area contributed by atoms with Gasteiger partial charge in [-0.1, -0.05) is 38.0 Å². The number of ketones is 1. The topological polar surface area (TPSA) is 149 Å². The SMILES string of the molecule is COP(=O)(OC)O[C@H]1CC[C@@]2(C)C(=CC[C@]3(O)C2C[C@@H](OC(=O)/C=C(\C)C(C)C)[C@@]2(C)[C@]3(O)CC[C@@]2(O)C(C)=O)C1. The highest BCUT2D eigenvalue weighted by Gasteiger charge is 2.81. The van der Waals surface area contributed by atoms with Crippen LogP contribution in [0.25, 0.3) is 0 Å². The van der Waals surface area contributed by atoms with Gasteiger partial charge >= 0.3 is 13.8 Å². The molecule has 3 saturated carbocycles. The molecular formula is C30H47O10P. The Balaban J connectivity index is 1.77. The summed E-state index contributed by atoms with van der Waals surface area (Å²) in [4.78, 5) is 26.1. The minimum atomic E-state index is -3.70. The van der Waals surface area contributed by atoms with Gasteiger partial charge in [-0.25, -0.2) is 9.36 Å². The van der Waals surface area contributed by atoms with E-state index in [0.29, 0.717) is 19.3 Å². The van der Waals surface area contributed by atoms with Crippen molar-refractivity contribution < 1.29 is 47.8 Å². The number of rotatable bonds is 8. The summed E-state index contributed by atoms with van der Waals surface area (Å²) in [6.07, 6.45) is 3.40. The number of allylic oxidation sites excluding steroid dienone is 1. The fraction of sp³-hybridized carbons (Fsp3) is 0.800. The van der Waals surface area contributed by atoms with Gasteiger partial charge in [-0.2, -0.15) is 0 Å². The average molecular weight is 599 g/mol. The van der Waals surface area contributed by atoms with E-state index < -0.39 is 65.3 Å². The molecule has 0 heterocycles. The van der Waals surface area contributed by atoms with Crippen molar-refractivity contribution in [3.8, 4) is 0 Å². The number of carbonyl (C=O) groups excluding carboxylic acids is 2. The molecule has 4 rings (SSSR count).